The van der Waals surface area contributed by atoms with Gasteiger partial charge < -0.3 is 15.1 Å². The topological polar surface area (TPSA) is 77.8 Å². The van der Waals surface area contributed by atoms with Crippen LogP contribution in [-0.2, 0) is 0 Å². The number of carboxylic acid groups (broad SMARTS) is 1. The molecule has 1 aromatic rings. The second-order valence-electron chi connectivity index (χ2n) is 6.29. The van der Waals surface area contributed by atoms with Gasteiger partial charge in [-0.05, 0) is 43.7 Å². The van der Waals surface area contributed by atoms with Crippen LogP contribution in [0.25, 0.3) is 0 Å². The average molecular weight is 289 g/mol. The van der Waals surface area contributed by atoms with Gasteiger partial charge in [0, 0.05) is 0 Å². The molecule has 2 aliphatic rings. The van der Waals surface area contributed by atoms with Crippen LogP contribution in [-0.4, -0.2) is 45.7 Å². The summed E-state index contributed by atoms with van der Waals surface area (Å²) in [7, 11) is 0. The van der Waals surface area contributed by atoms with Crippen molar-refractivity contribution in [1.82, 2.24) is 4.90 Å². The Balaban J connectivity index is 1.89. The Kier molecular flexibility index (Phi) is 3.06. The van der Waals surface area contributed by atoms with Gasteiger partial charge in [-0.1, -0.05) is 12.1 Å². The van der Waals surface area contributed by atoms with E-state index in [1.165, 1.54) is 0 Å². The Labute approximate surface area is 123 Å². The van der Waals surface area contributed by atoms with Crippen LogP contribution in [0.2, 0.25) is 0 Å². The summed E-state index contributed by atoms with van der Waals surface area (Å²) < 4.78 is 0. The zero-order chi connectivity index (χ0) is 15.4. The number of benzene rings is 1. The van der Waals surface area contributed by atoms with Crippen LogP contribution < -0.4 is 0 Å². The van der Waals surface area contributed by atoms with Gasteiger partial charge in [-0.25, -0.2) is 4.79 Å². The van der Waals surface area contributed by atoms with Gasteiger partial charge in [0.2, 0.25) is 0 Å². The zero-order valence-corrected chi connectivity index (χ0v) is 12.2. The van der Waals surface area contributed by atoms with Crippen molar-refractivity contribution in [2.45, 2.75) is 32.3 Å². The number of β-amino-alcohol motifs (C(OH)–C–C–N with tert-alkyl or cyclic N) is 1. The Morgan fingerprint density at radius 1 is 1.14 bits per heavy atom. The maximum Gasteiger partial charge on any atom is 0.336 e. The number of aryl methyl sites for hydroxylation is 2. The average Bonchev–Trinajstić information content (AvgIpc) is 3.20. The van der Waals surface area contributed by atoms with E-state index in [9.17, 15) is 19.8 Å². The van der Waals surface area contributed by atoms with Crippen molar-refractivity contribution in [2.24, 2.45) is 5.92 Å². The van der Waals surface area contributed by atoms with Gasteiger partial charge in [0.05, 0.1) is 24.2 Å². The molecular weight excluding hydrogens is 270 g/mol. The van der Waals surface area contributed by atoms with Crippen molar-refractivity contribution in [1.29, 1.82) is 0 Å². The van der Waals surface area contributed by atoms with E-state index in [0.29, 0.717) is 30.1 Å². The molecule has 0 spiro atoms. The SMILES string of the molecule is Cc1ccc(C)c(C(=O)N2CC(O)(C3CC3)C2)c1C(=O)O. The molecule has 2 N–H and O–H groups in total. The highest BCUT2D eigenvalue weighted by Gasteiger charge is 2.53. The molecule has 0 radical (unpaired) electrons. The van der Waals surface area contributed by atoms with Crippen LogP contribution in [0.15, 0.2) is 12.1 Å². The van der Waals surface area contributed by atoms with Crippen molar-refractivity contribution in [3.05, 3.63) is 34.4 Å². The van der Waals surface area contributed by atoms with Gasteiger partial charge in [0.15, 0.2) is 0 Å². The molecule has 1 amide bonds. The van der Waals surface area contributed by atoms with E-state index in [0.717, 1.165) is 12.8 Å². The third-order valence-electron chi connectivity index (χ3n) is 4.60. The van der Waals surface area contributed by atoms with Crippen LogP contribution >= 0.6 is 0 Å². The van der Waals surface area contributed by atoms with Crippen molar-refractivity contribution < 1.29 is 19.8 Å². The van der Waals surface area contributed by atoms with Crippen molar-refractivity contribution in [3.63, 3.8) is 0 Å². The highest BCUT2D eigenvalue weighted by molar-refractivity contribution is 6.07. The second-order valence-corrected chi connectivity index (χ2v) is 6.29. The first-order valence-electron chi connectivity index (χ1n) is 7.18. The highest BCUT2D eigenvalue weighted by atomic mass is 16.4. The fraction of sp³-hybridized carbons (Fsp3) is 0.500. The molecule has 112 valence electrons. The van der Waals surface area contributed by atoms with Crippen LogP contribution in [0.4, 0.5) is 0 Å². The molecule has 0 bridgehead atoms. The molecule has 1 aliphatic carbocycles. The summed E-state index contributed by atoms with van der Waals surface area (Å²) >= 11 is 0. The quantitative estimate of drug-likeness (QED) is 0.886. The van der Waals surface area contributed by atoms with Gasteiger partial charge >= 0.3 is 5.97 Å². The first-order chi connectivity index (χ1) is 9.83. The standard InChI is InChI=1S/C16H19NO4/c1-9-3-4-10(2)13(15(19)20)12(9)14(18)17-7-16(21,8-17)11-5-6-11/h3-4,11,21H,5-8H2,1-2H3,(H,19,20). The van der Waals surface area contributed by atoms with E-state index < -0.39 is 11.6 Å². The molecule has 1 aliphatic heterocycles. The number of aromatic carboxylic acids is 1. The summed E-state index contributed by atoms with van der Waals surface area (Å²) in [5, 5.41) is 19.7. The number of hydrogen-bond donors (Lipinski definition) is 2. The van der Waals surface area contributed by atoms with Crippen LogP contribution in [0.3, 0.4) is 0 Å². The first-order valence-corrected chi connectivity index (χ1v) is 7.18. The summed E-state index contributed by atoms with van der Waals surface area (Å²) in [4.78, 5) is 25.6. The lowest BCUT2D eigenvalue weighted by Gasteiger charge is -2.47. The molecule has 5 nitrogen and oxygen atoms in total. The minimum atomic E-state index is -1.09. The predicted octanol–water partition coefficient (Wildman–Crippen LogP) is 1.60. The van der Waals surface area contributed by atoms with E-state index in [1.54, 1.807) is 30.9 Å². The number of nitrogens with zero attached hydrogens (tertiary/aromatic N) is 1. The number of rotatable bonds is 3. The molecule has 1 saturated carbocycles. The molecule has 1 heterocycles. The molecule has 5 heteroatoms. The summed E-state index contributed by atoms with van der Waals surface area (Å²) in [6.07, 6.45) is 2.03. The van der Waals surface area contributed by atoms with Crippen LogP contribution in [0, 0.1) is 19.8 Å². The molecular formula is C16H19NO4. The summed E-state index contributed by atoms with van der Waals surface area (Å²) in [5.74, 6) is -1.07. The maximum atomic E-state index is 12.6. The van der Waals surface area contributed by atoms with Gasteiger partial charge in [-0.3, -0.25) is 4.79 Å². The number of carbonyl (C=O) groups excluding carboxylic acids is 1. The first kappa shape index (κ1) is 14.1. The van der Waals surface area contributed by atoms with Crippen molar-refractivity contribution in [3.8, 4) is 0 Å². The Bertz CT molecular complexity index is 627. The Morgan fingerprint density at radius 2 is 1.67 bits per heavy atom. The van der Waals surface area contributed by atoms with E-state index >= 15 is 0 Å². The van der Waals surface area contributed by atoms with Crippen molar-refractivity contribution >= 4 is 11.9 Å². The number of carbonyl (C=O) groups is 2. The summed E-state index contributed by atoms with van der Waals surface area (Å²) in [6, 6.07) is 3.48. The molecule has 2 fully saturated rings. The fourth-order valence-corrected chi connectivity index (χ4v) is 3.16. The second kappa shape index (κ2) is 4.56. The lowest BCUT2D eigenvalue weighted by molar-refractivity contribution is -0.0958. The number of likely N-dealkylation sites (tertiary alicyclic amines) is 1. The minimum Gasteiger partial charge on any atom is -0.478 e. The largest absolute Gasteiger partial charge is 0.478 e. The van der Waals surface area contributed by atoms with Gasteiger partial charge in [0.25, 0.3) is 5.91 Å². The highest BCUT2D eigenvalue weighted by Crippen LogP contribution is 2.45. The Hall–Kier alpha value is -1.88. The number of aliphatic hydroxyl groups is 1. The van der Waals surface area contributed by atoms with Gasteiger partial charge in [0.1, 0.15) is 5.60 Å². The van der Waals surface area contributed by atoms with E-state index in [1.807, 2.05) is 0 Å². The number of hydrogen-bond acceptors (Lipinski definition) is 3. The molecule has 0 unspecified atom stereocenters. The normalized spacial score (nSPS) is 20.0. The lowest BCUT2D eigenvalue weighted by atomic mass is 9.87. The smallest absolute Gasteiger partial charge is 0.336 e. The van der Waals surface area contributed by atoms with Crippen LogP contribution in [0.1, 0.15) is 44.7 Å². The molecule has 21 heavy (non-hydrogen) atoms. The summed E-state index contributed by atoms with van der Waals surface area (Å²) in [5.41, 5.74) is 0.804. The molecule has 1 saturated heterocycles. The fourth-order valence-electron chi connectivity index (χ4n) is 3.16. The third-order valence-corrected chi connectivity index (χ3v) is 4.60. The monoisotopic (exact) mass is 289 g/mol. The summed E-state index contributed by atoms with van der Waals surface area (Å²) in [6.45, 7) is 4.05. The van der Waals surface area contributed by atoms with Crippen LogP contribution in [0.5, 0.6) is 0 Å². The van der Waals surface area contributed by atoms with E-state index in [4.69, 9.17) is 0 Å². The minimum absolute atomic E-state index is 0.0712. The molecule has 3 rings (SSSR count). The van der Waals surface area contributed by atoms with Gasteiger partial charge in [-0.15, -0.1) is 0 Å². The zero-order valence-electron chi connectivity index (χ0n) is 12.2. The Morgan fingerprint density at radius 3 is 2.14 bits per heavy atom. The lowest BCUT2D eigenvalue weighted by Crippen LogP contribution is -2.64. The third kappa shape index (κ3) is 2.21. The predicted molar refractivity (Wildman–Crippen MR) is 76.5 cm³/mol. The molecule has 1 aromatic carbocycles. The van der Waals surface area contributed by atoms with E-state index in [-0.39, 0.29) is 17.0 Å². The number of amides is 1. The van der Waals surface area contributed by atoms with Gasteiger partial charge in [-0.2, -0.15) is 0 Å². The number of carboxylic acids is 1. The molecule has 0 aromatic heterocycles. The van der Waals surface area contributed by atoms with E-state index in [2.05, 4.69) is 0 Å². The molecule has 0 atom stereocenters. The van der Waals surface area contributed by atoms with Crippen molar-refractivity contribution in [2.75, 3.05) is 13.1 Å². The maximum absolute atomic E-state index is 12.6.